The molecule has 2 aromatic rings. The number of halogens is 2. The van der Waals surface area contributed by atoms with E-state index in [1.165, 1.54) is 0 Å². The van der Waals surface area contributed by atoms with Gasteiger partial charge in [-0.05, 0) is 25.1 Å². The van der Waals surface area contributed by atoms with Gasteiger partial charge in [-0.2, -0.15) is 0 Å². The maximum atomic E-state index is 10.7. The number of rotatable bonds is 2. The van der Waals surface area contributed by atoms with Crippen LogP contribution < -0.4 is 10.6 Å². The van der Waals surface area contributed by atoms with Crippen LogP contribution in [0.5, 0.6) is 0 Å². The minimum absolute atomic E-state index is 0.169. The molecule has 1 heterocycles. The smallest absolute Gasteiger partial charge is 0.167 e. The molecule has 5 heteroatoms. The van der Waals surface area contributed by atoms with Gasteiger partial charge in [-0.3, -0.25) is 10.2 Å². The molecule has 0 fully saturated rings. The lowest BCUT2D eigenvalue weighted by atomic mass is 10.0. The zero-order chi connectivity index (χ0) is 15.0. The largest absolute Gasteiger partial charge is 0.286 e. The zero-order valence-corrected chi connectivity index (χ0v) is 12.9. The van der Waals surface area contributed by atoms with Gasteiger partial charge in [0.1, 0.15) is 0 Å². The number of hydroxylamine groups is 2. The number of alkyl halides is 1. The summed E-state index contributed by atoms with van der Waals surface area (Å²) in [6.07, 6.45) is 0. The third-order valence-corrected chi connectivity index (χ3v) is 4.28. The van der Waals surface area contributed by atoms with E-state index in [0.717, 1.165) is 21.2 Å². The van der Waals surface area contributed by atoms with Gasteiger partial charge in [-0.25, -0.2) is 5.06 Å². The summed E-state index contributed by atoms with van der Waals surface area (Å²) in [4.78, 5) is 4.56. The van der Waals surface area contributed by atoms with Gasteiger partial charge in [0.25, 0.3) is 0 Å². The lowest BCUT2D eigenvalue weighted by molar-refractivity contribution is -0.103. The van der Waals surface area contributed by atoms with Crippen LogP contribution in [0.2, 0.25) is 5.02 Å². The van der Waals surface area contributed by atoms with Crippen LogP contribution in [0, 0.1) is 0 Å². The Labute approximate surface area is 132 Å². The van der Waals surface area contributed by atoms with Crippen molar-refractivity contribution in [2.75, 3.05) is 5.88 Å². The normalized spacial score (nSPS) is 21.0. The molecule has 1 N–H and O–H groups in total. The van der Waals surface area contributed by atoms with E-state index in [1.54, 1.807) is 19.1 Å². The van der Waals surface area contributed by atoms with E-state index < -0.39 is 5.66 Å². The predicted molar refractivity (Wildman–Crippen MR) is 83.9 cm³/mol. The molecule has 1 aliphatic heterocycles. The van der Waals surface area contributed by atoms with Crippen molar-refractivity contribution in [1.82, 2.24) is 5.06 Å². The highest BCUT2D eigenvalue weighted by molar-refractivity contribution is 6.30. The number of fused-ring (bicyclic) bond motifs is 1. The maximum absolute atomic E-state index is 10.7. The third kappa shape index (κ3) is 2.42. The van der Waals surface area contributed by atoms with Crippen LogP contribution in [0.3, 0.4) is 0 Å². The first-order valence-corrected chi connectivity index (χ1v) is 7.47. The summed E-state index contributed by atoms with van der Waals surface area (Å²) < 4.78 is 0. The van der Waals surface area contributed by atoms with Gasteiger partial charge in [-0.15, -0.1) is 11.6 Å². The average Bonchev–Trinajstić information content (AvgIpc) is 2.50. The molecular weight excluding hydrogens is 307 g/mol. The van der Waals surface area contributed by atoms with Crippen LogP contribution in [0.1, 0.15) is 12.5 Å². The van der Waals surface area contributed by atoms with Crippen molar-refractivity contribution in [3.63, 3.8) is 0 Å². The molecule has 1 aliphatic rings. The maximum Gasteiger partial charge on any atom is 0.167 e. The Morgan fingerprint density at radius 2 is 1.90 bits per heavy atom. The van der Waals surface area contributed by atoms with Gasteiger partial charge in [-0.1, -0.05) is 41.9 Å². The Bertz CT molecular complexity index is 792. The Morgan fingerprint density at radius 3 is 2.57 bits per heavy atom. The minimum Gasteiger partial charge on any atom is -0.286 e. The first-order valence-electron chi connectivity index (χ1n) is 6.55. The molecule has 1 unspecified atom stereocenters. The van der Waals surface area contributed by atoms with E-state index in [-0.39, 0.29) is 5.88 Å². The molecule has 21 heavy (non-hydrogen) atoms. The van der Waals surface area contributed by atoms with Crippen molar-refractivity contribution in [1.29, 1.82) is 0 Å². The van der Waals surface area contributed by atoms with Crippen molar-refractivity contribution in [2.45, 2.75) is 12.6 Å². The van der Waals surface area contributed by atoms with Gasteiger partial charge >= 0.3 is 0 Å². The minimum atomic E-state index is -0.909. The van der Waals surface area contributed by atoms with E-state index in [2.05, 4.69) is 4.99 Å². The predicted octanol–water partition coefficient (Wildman–Crippen LogP) is 2.78. The summed E-state index contributed by atoms with van der Waals surface area (Å²) in [5, 5.41) is 13.9. The summed E-state index contributed by atoms with van der Waals surface area (Å²) in [7, 11) is 0. The lowest BCUT2D eigenvalue weighted by Gasteiger charge is -2.37. The molecular formula is C16H14Cl2N2O. The SMILES string of the molecule is CC1(CCl)N=c2ccc(Cl)cc2=C(c2ccccc2)N1O. The zero-order valence-electron chi connectivity index (χ0n) is 11.4. The fourth-order valence-electron chi connectivity index (χ4n) is 2.42. The van der Waals surface area contributed by atoms with Gasteiger partial charge < -0.3 is 0 Å². The Morgan fingerprint density at radius 1 is 1.19 bits per heavy atom. The van der Waals surface area contributed by atoms with Crippen LogP contribution in [0.4, 0.5) is 0 Å². The average molecular weight is 321 g/mol. The Kier molecular flexibility index (Phi) is 3.66. The van der Waals surface area contributed by atoms with Crippen molar-refractivity contribution in [3.05, 3.63) is 69.7 Å². The summed E-state index contributed by atoms with van der Waals surface area (Å²) in [5.74, 6) is 0.169. The third-order valence-electron chi connectivity index (χ3n) is 3.54. The van der Waals surface area contributed by atoms with Gasteiger partial charge in [0.15, 0.2) is 5.66 Å². The quantitative estimate of drug-likeness (QED) is 0.864. The van der Waals surface area contributed by atoms with Gasteiger partial charge in [0.05, 0.1) is 16.9 Å². The summed E-state index contributed by atoms with van der Waals surface area (Å²) in [5.41, 5.74) is 0.633. The van der Waals surface area contributed by atoms with Crippen LogP contribution in [0.15, 0.2) is 53.5 Å². The van der Waals surface area contributed by atoms with E-state index >= 15 is 0 Å². The molecule has 3 nitrogen and oxygen atoms in total. The Balaban J connectivity index is 2.41. The molecule has 0 aromatic heterocycles. The topological polar surface area (TPSA) is 35.8 Å². The number of benzene rings is 2. The highest BCUT2D eigenvalue weighted by Gasteiger charge is 2.34. The van der Waals surface area contributed by atoms with E-state index in [1.807, 2.05) is 36.4 Å². The van der Waals surface area contributed by atoms with Gasteiger partial charge in [0, 0.05) is 15.8 Å². The van der Waals surface area contributed by atoms with Gasteiger partial charge in [0.2, 0.25) is 0 Å². The summed E-state index contributed by atoms with van der Waals surface area (Å²) in [6.45, 7) is 1.79. The molecule has 0 bridgehead atoms. The van der Waals surface area contributed by atoms with Crippen molar-refractivity contribution >= 4 is 28.9 Å². The van der Waals surface area contributed by atoms with Crippen LogP contribution >= 0.6 is 23.2 Å². The first-order chi connectivity index (χ1) is 10.0. The van der Waals surface area contributed by atoms with E-state index in [9.17, 15) is 5.21 Å². The molecule has 2 aromatic carbocycles. The Hall–Kier alpha value is -1.55. The summed E-state index contributed by atoms with van der Waals surface area (Å²) >= 11 is 12.1. The molecule has 1 atom stereocenters. The molecule has 0 aliphatic carbocycles. The van der Waals surface area contributed by atoms with Crippen molar-refractivity contribution in [2.24, 2.45) is 4.99 Å². The molecule has 0 radical (unpaired) electrons. The molecule has 0 spiro atoms. The van der Waals surface area contributed by atoms with Crippen LogP contribution in [-0.4, -0.2) is 21.8 Å². The lowest BCUT2D eigenvalue weighted by Crippen LogP contribution is -2.53. The number of hydrogen-bond acceptors (Lipinski definition) is 3. The monoisotopic (exact) mass is 320 g/mol. The van der Waals surface area contributed by atoms with Crippen LogP contribution in [0.25, 0.3) is 5.70 Å². The standard InChI is InChI=1S/C16H14Cl2N2O/c1-16(10-17)19-14-8-7-12(18)9-13(14)15(20(16)21)11-5-3-2-4-6-11/h2-9,21H,10H2,1H3. The summed E-state index contributed by atoms with van der Waals surface area (Å²) in [6, 6.07) is 15.1. The fraction of sp³-hybridized carbons (Fsp3) is 0.188. The second kappa shape index (κ2) is 5.34. The van der Waals surface area contributed by atoms with Crippen molar-refractivity contribution in [3.8, 4) is 0 Å². The molecule has 108 valence electrons. The van der Waals surface area contributed by atoms with Crippen LogP contribution in [-0.2, 0) is 0 Å². The highest BCUT2D eigenvalue weighted by Crippen LogP contribution is 2.27. The fourth-order valence-corrected chi connectivity index (χ4v) is 2.76. The molecule has 0 amide bonds. The van der Waals surface area contributed by atoms with E-state index in [4.69, 9.17) is 23.2 Å². The molecule has 0 saturated carbocycles. The first kappa shape index (κ1) is 14.4. The second-order valence-electron chi connectivity index (χ2n) is 5.15. The highest BCUT2D eigenvalue weighted by atomic mass is 35.5. The van der Waals surface area contributed by atoms with Crippen molar-refractivity contribution < 1.29 is 5.21 Å². The van der Waals surface area contributed by atoms with E-state index in [0.29, 0.717) is 10.7 Å². The molecule has 3 rings (SSSR count). The second-order valence-corrected chi connectivity index (χ2v) is 5.85. The molecule has 0 saturated heterocycles. The number of nitrogens with zero attached hydrogens (tertiary/aromatic N) is 2. The number of hydrogen-bond donors (Lipinski definition) is 1.